The molecule has 33 heavy (non-hydrogen) atoms. The van der Waals surface area contributed by atoms with Gasteiger partial charge in [-0.05, 0) is 73.2 Å². The summed E-state index contributed by atoms with van der Waals surface area (Å²) in [7, 11) is -2.07. The number of rotatable bonds is 7. The lowest BCUT2D eigenvalue weighted by atomic mass is 9.96. The lowest BCUT2D eigenvalue weighted by Gasteiger charge is -2.35. The highest BCUT2D eigenvalue weighted by molar-refractivity contribution is 7.89. The van der Waals surface area contributed by atoms with E-state index in [1.807, 2.05) is 11.3 Å². The Hall–Kier alpha value is -1.94. The summed E-state index contributed by atoms with van der Waals surface area (Å²) in [4.78, 5) is 17.0. The van der Waals surface area contributed by atoms with Gasteiger partial charge in [0.1, 0.15) is 5.75 Å². The van der Waals surface area contributed by atoms with E-state index in [9.17, 15) is 13.2 Å². The Labute approximate surface area is 199 Å². The quantitative estimate of drug-likeness (QED) is 0.639. The van der Waals surface area contributed by atoms with Crippen LogP contribution >= 0.6 is 11.3 Å². The molecule has 1 saturated heterocycles. The number of piperidine rings is 1. The first-order valence-corrected chi connectivity index (χ1v) is 14.1. The molecule has 1 aromatic heterocycles. The second-order valence-corrected chi connectivity index (χ2v) is 12.1. The first-order valence-electron chi connectivity index (χ1n) is 11.8. The molecule has 3 heterocycles. The first kappa shape index (κ1) is 22.8. The number of hydrogen-bond donors (Lipinski definition) is 1. The van der Waals surface area contributed by atoms with Crippen molar-refractivity contribution in [1.82, 2.24) is 9.21 Å². The number of hydrogen-bond acceptors (Lipinski definition) is 6. The summed E-state index contributed by atoms with van der Waals surface area (Å²) < 4.78 is 33.2. The predicted octanol–water partition coefficient (Wildman–Crippen LogP) is 3.88. The second-order valence-electron chi connectivity index (χ2n) is 9.18. The topological polar surface area (TPSA) is 79.0 Å². The van der Waals surface area contributed by atoms with Crippen LogP contribution in [-0.4, -0.2) is 56.8 Å². The normalized spacial score (nSPS) is 22.0. The minimum absolute atomic E-state index is 0.148. The summed E-state index contributed by atoms with van der Waals surface area (Å²) >= 11 is 1.81. The smallest absolute Gasteiger partial charge is 0.243 e. The first-order chi connectivity index (χ1) is 16.0. The van der Waals surface area contributed by atoms with Gasteiger partial charge >= 0.3 is 0 Å². The number of anilines is 1. The third kappa shape index (κ3) is 4.69. The fourth-order valence-corrected chi connectivity index (χ4v) is 7.57. The molecule has 1 aromatic carbocycles. The molecule has 0 spiro atoms. The third-order valence-corrected chi connectivity index (χ3v) is 9.82. The van der Waals surface area contributed by atoms with E-state index in [1.165, 1.54) is 40.8 Å². The number of ether oxygens (including phenoxy) is 1. The van der Waals surface area contributed by atoms with Gasteiger partial charge in [0.05, 0.1) is 24.2 Å². The van der Waals surface area contributed by atoms with Gasteiger partial charge in [-0.25, -0.2) is 8.42 Å². The van der Waals surface area contributed by atoms with Gasteiger partial charge in [0, 0.05) is 30.6 Å². The van der Waals surface area contributed by atoms with Crippen molar-refractivity contribution in [2.75, 3.05) is 38.6 Å². The number of amides is 1. The highest BCUT2D eigenvalue weighted by Crippen LogP contribution is 2.48. The zero-order valence-electron chi connectivity index (χ0n) is 19.0. The summed E-state index contributed by atoms with van der Waals surface area (Å²) in [5.74, 6) is 0.933. The van der Waals surface area contributed by atoms with Crippen molar-refractivity contribution in [3.63, 3.8) is 0 Å². The molecule has 3 aliphatic rings. The number of thiophene rings is 1. The van der Waals surface area contributed by atoms with Crippen LogP contribution in [0.2, 0.25) is 0 Å². The molecule has 1 amide bonds. The standard InChI is InChI=1S/C24H31N3O4S2/c1-31-21-8-7-18(33(29,30)27-11-3-2-4-12-27)15-20(21)25-23(28)16-26-13-9-22-19(10-14-32-22)24(26)17-5-6-17/h7-8,10,14-15,17,24H,2-6,9,11-13,16H2,1H3,(H,25,28)/t24-/m1/s1. The Kier molecular flexibility index (Phi) is 6.48. The zero-order chi connectivity index (χ0) is 23.0. The minimum atomic E-state index is -3.59. The number of nitrogens with one attached hydrogen (secondary N) is 1. The number of benzene rings is 1. The van der Waals surface area contributed by atoms with Crippen LogP contribution in [0.3, 0.4) is 0 Å². The fourth-order valence-electron chi connectivity index (χ4n) is 5.11. The van der Waals surface area contributed by atoms with Gasteiger partial charge in [0.15, 0.2) is 0 Å². The van der Waals surface area contributed by atoms with Crippen molar-refractivity contribution in [2.45, 2.75) is 49.5 Å². The molecule has 0 unspecified atom stereocenters. The Balaban J connectivity index is 1.33. The van der Waals surface area contributed by atoms with E-state index in [2.05, 4.69) is 21.7 Å². The summed E-state index contributed by atoms with van der Waals surface area (Å²) in [5, 5.41) is 5.09. The van der Waals surface area contributed by atoms with E-state index in [0.717, 1.165) is 32.2 Å². The number of methoxy groups -OCH3 is 1. The van der Waals surface area contributed by atoms with Gasteiger partial charge in [-0.2, -0.15) is 4.31 Å². The summed E-state index contributed by atoms with van der Waals surface area (Å²) in [6, 6.07) is 7.23. The minimum Gasteiger partial charge on any atom is -0.495 e. The fraction of sp³-hybridized carbons (Fsp3) is 0.542. The molecule has 1 aliphatic carbocycles. The van der Waals surface area contributed by atoms with Crippen molar-refractivity contribution < 1.29 is 17.9 Å². The van der Waals surface area contributed by atoms with Gasteiger partial charge in [0.2, 0.25) is 15.9 Å². The maximum absolute atomic E-state index is 13.1. The number of fused-ring (bicyclic) bond motifs is 1. The maximum Gasteiger partial charge on any atom is 0.243 e. The maximum atomic E-state index is 13.1. The van der Waals surface area contributed by atoms with Crippen molar-refractivity contribution in [1.29, 1.82) is 0 Å². The van der Waals surface area contributed by atoms with Crippen molar-refractivity contribution >= 4 is 33.0 Å². The van der Waals surface area contributed by atoms with Gasteiger partial charge in [0.25, 0.3) is 0 Å². The number of nitrogens with zero attached hydrogens (tertiary/aromatic N) is 2. The van der Waals surface area contributed by atoms with Gasteiger partial charge in [-0.15, -0.1) is 11.3 Å². The van der Waals surface area contributed by atoms with Crippen LogP contribution in [0.25, 0.3) is 0 Å². The van der Waals surface area contributed by atoms with E-state index in [4.69, 9.17) is 4.74 Å². The van der Waals surface area contributed by atoms with Crippen LogP contribution < -0.4 is 10.1 Å². The lowest BCUT2D eigenvalue weighted by molar-refractivity contribution is -0.118. The van der Waals surface area contributed by atoms with Crippen LogP contribution in [0, 0.1) is 5.92 Å². The molecule has 2 aliphatic heterocycles. The average Bonchev–Trinajstić information content (AvgIpc) is 3.55. The predicted molar refractivity (Wildman–Crippen MR) is 129 cm³/mol. The van der Waals surface area contributed by atoms with E-state index >= 15 is 0 Å². The van der Waals surface area contributed by atoms with E-state index in [1.54, 1.807) is 12.1 Å². The summed E-state index contributed by atoms with van der Waals surface area (Å²) in [6.07, 6.45) is 6.20. The van der Waals surface area contributed by atoms with Crippen LogP contribution in [0.1, 0.15) is 48.6 Å². The van der Waals surface area contributed by atoms with Crippen LogP contribution in [-0.2, 0) is 21.2 Å². The number of sulfonamides is 1. The molecular formula is C24H31N3O4S2. The molecule has 0 bridgehead atoms. The summed E-state index contributed by atoms with van der Waals surface area (Å²) in [6.45, 7) is 2.22. The van der Waals surface area contributed by atoms with E-state index < -0.39 is 10.0 Å². The molecule has 0 radical (unpaired) electrons. The van der Waals surface area contributed by atoms with Crippen LogP contribution in [0.4, 0.5) is 5.69 Å². The Morgan fingerprint density at radius 2 is 1.94 bits per heavy atom. The third-order valence-electron chi connectivity index (χ3n) is 6.93. The molecule has 2 aromatic rings. The van der Waals surface area contributed by atoms with Crippen molar-refractivity contribution in [2.24, 2.45) is 5.92 Å². The number of carbonyl (C=O) groups excluding carboxylic acids is 1. The zero-order valence-corrected chi connectivity index (χ0v) is 20.6. The number of carbonyl (C=O) groups is 1. The van der Waals surface area contributed by atoms with E-state index in [-0.39, 0.29) is 17.3 Å². The highest BCUT2D eigenvalue weighted by atomic mass is 32.2. The van der Waals surface area contributed by atoms with E-state index in [0.29, 0.717) is 36.5 Å². The Bertz CT molecular complexity index is 1120. The van der Waals surface area contributed by atoms with Crippen molar-refractivity contribution in [3.05, 3.63) is 40.1 Å². The molecule has 1 N–H and O–H groups in total. The Morgan fingerprint density at radius 1 is 1.15 bits per heavy atom. The van der Waals surface area contributed by atoms with Crippen LogP contribution in [0.15, 0.2) is 34.5 Å². The molecule has 9 heteroatoms. The average molecular weight is 490 g/mol. The summed E-state index contributed by atoms with van der Waals surface area (Å²) in [5.41, 5.74) is 1.78. The molecule has 7 nitrogen and oxygen atoms in total. The molecule has 1 saturated carbocycles. The van der Waals surface area contributed by atoms with Gasteiger partial charge in [-0.1, -0.05) is 6.42 Å². The molecule has 1 atom stereocenters. The highest BCUT2D eigenvalue weighted by Gasteiger charge is 2.40. The molecule has 178 valence electrons. The Morgan fingerprint density at radius 3 is 2.67 bits per heavy atom. The lowest BCUT2D eigenvalue weighted by Crippen LogP contribution is -2.41. The second kappa shape index (κ2) is 9.37. The monoisotopic (exact) mass is 489 g/mol. The SMILES string of the molecule is COc1ccc(S(=O)(=O)N2CCCCC2)cc1NC(=O)CN1CCc2sccc2[C@H]1C1CC1. The van der Waals surface area contributed by atoms with Gasteiger partial charge < -0.3 is 10.1 Å². The van der Waals surface area contributed by atoms with Gasteiger partial charge in [-0.3, -0.25) is 9.69 Å². The van der Waals surface area contributed by atoms with Crippen LogP contribution in [0.5, 0.6) is 5.75 Å². The largest absolute Gasteiger partial charge is 0.495 e. The molecular weight excluding hydrogens is 458 g/mol. The molecule has 2 fully saturated rings. The molecule has 5 rings (SSSR count). The van der Waals surface area contributed by atoms with Crippen molar-refractivity contribution in [3.8, 4) is 5.75 Å².